The Morgan fingerprint density at radius 2 is 2.08 bits per heavy atom. The molecule has 0 fully saturated rings. The summed E-state index contributed by atoms with van der Waals surface area (Å²) in [5.41, 5.74) is 5.74. The van der Waals surface area contributed by atoms with Gasteiger partial charge in [-0.05, 0) is 19.1 Å². The van der Waals surface area contributed by atoms with E-state index >= 15 is 0 Å². The molecule has 1 aromatic carbocycles. The van der Waals surface area contributed by atoms with E-state index in [0.29, 0.717) is 23.1 Å². The van der Waals surface area contributed by atoms with Crippen LogP contribution in [0.3, 0.4) is 0 Å². The molecule has 1 atom stereocenters. The molecule has 0 unspecified atom stereocenters. The van der Waals surface area contributed by atoms with Crippen molar-refractivity contribution in [1.82, 2.24) is 20.1 Å². The van der Waals surface area contributed by atoms with Gasteiger partial charge in [-0.2, -0.15) is 0 Å². The minimum atomic E-state index is -0.430. The molecule has 3 N–H and O–H groups in total. The van der Waals surface area contributed by atoms with Crippen LogP contribution in [0.15, 0.2) is 48.1 Å². The van der Waals surface area contributed by atoms with E-state index in [1.54, 1.807) is 34.9 Å². The smallest absolute Gasteiger partial charge is 0.251 e. The first kappa shape index (κ1) is 17.7. The van der Waals surface area contributed by atoms with E-state index in [4.69, 9.17) is 5.73 Å². The lowest BCUT2D eigenvalue weighted by atomic mass is 10.2. The van der Waals surface area contributed by atoms with Crippen LogP contribution in [0.5, 0.6) is 0 Å². The number of nitrogens with two attached hydrogens (primary N) is 1. The molecule has 0 spiro atoms. The van der Waals surface area contributed by atoms with Crippen molar-refractivity contribution in [2.24, 2.45) is 5.73 Å². The van der Waals surface area contributed by atoms with Crippen molar-refractivity contribution in [3.8, 4) is 0 Å². The molecule has 7 nitrogen and oxygen atoms in total. The first-order valence-electron chi connectivity index (χ1n) is 7.34. The summed E-state index contributed by atoms with van der Waals surface area (Å²) in [5.74, 6) is 0.0777. The Balaban J connectivity index is 2.16. The fourth-order valence-corrected chi connectivity index (χ4v) is 2.79. The van der Waals surface area contributed by atoms with Gasteiger partial charge in [0.25, 0.3) is 5.91 Å². The number of benzene rings is 1. The van der Waals surface area contributed by atoms with Crippen LogP contribution < -0.4 is 11.1 Å². The molecule has 2 aromatic rings. The molecule has 0 saturated carbocycles. The summed E-state index contributed by atoms with van der Waals surface area (Å²) in [4.78, 5) is 23.2. The van der Waals surface area contributed by atoms with E-state index in [2.05, 4.69) is 22.1 Å². The lowest BCUT2D eigenvalue weighted by molar-refractivity contribution is -0.115. The number of hydrogen-bond donors (Lipinski definition) is 2. The van der Waals surface area contributed by atoms with Gasteiger partial charge >= 0.3 is 0 Å². The summed E-state index contributed by atoms with van der Waals surface area (Å²) in [5, 5.41) is 11.7. The number of nitrogens with one attached hydrogen (secondary N) is 1. The standard InChI is InChI=1S/C16H19N5O2S/c1-3-9-21-14(19-20-16(21)24-10-13(17)22)11(2)18-15(23)12-7-5-4-6-8-12/h3-8,11H,1,9-10H2,2H3,(H2,17,22)(H,18,23)/t11-/m0/s1. The van der Waals surface area contributed by atoms with E-state index in [9.17, 15) is 9.59 Å². The average Bonchev–Trinajstić information content (AvgIpc) is 2.97. The van der Waals surface area contributed by atoms with Gasteiger partial charge in [-0.3, -0.25) is 9.59 Å². The largest absolute Gasteiger partial charge is 0.369 e. The predicted molar refractivity (Wildman–Crippen MR) is 92.5 cm³/mol. The Labute approximate surface area is 144 Å². The molecule has 0 aliphatic carbocycles. The number of amides is 2. The zero-order chi connectivity index (χ0) is 17.5. The minimum absolute atomic E-state index is 0.111. The van der Waals surface area contributed by atoms with Crippen LogP contribution in [0.25, 0.3) is 0 Å². The maximum atomic E-state index is 12.3. The highest BCUT2D eigenvalue weighted by Gasteiger charge is 2.20. The first-order valence-corrected chi connectivity index (χ1v) is 8.32. The topological polar surface area (TPSA) is 103 Å². The van der Waals surface area contributed by atoms with Gasteiger partial charge < -0.3 is 15.6 Å². The third kappa shape index (κ3) is 4.45. The fraction of sp³-hybridized carbons (Fsp3) is 0.250. The summed E-state index contributed by atoms with van der Waals surface area (Å²) in [6.07, 6.45) is 1.70. The Bertz CT molecular complexity index is 729. The number of carbonyl (C=O) groups excluding carboxylic acids is 2. The minimum Gasteiger partial charge on any atom is -0.369 e. The number of primary amides is 1. The average molecular weight is 345 g/mol. The van der Waals surface area contributed by atoms with E-state index in [0.717, 1.165) is 0 Å². The van der Waals surface area contributed by atoms with E-state index in [-0.39, 0.29) is 17.7 Å². The van der Waals surface area contributed by atoms with Crippen molar-refractivity contribution >= 4 is 23.6 Å². The van der Waals surface area contributed by atoms with Crippen LogP contribution in [0, 0.1) is 0 Å². The summed E-state index contributed by atoms with van der Waals surface area (Å²) >= 11 is 1.20. The van der Waals surface area contributed by atoms with Crippen molar-refractivity contribution in [2.45, 2.75) is 24.7 Å². The zero-order valence-corrected chi connectivity index (χ0v) is 14.1. The van der Waals surface area contributed by atoms with Gasteiger partial charge in [-0.1, -0.05) is 36.0 Å². The number of aromatic nitrogens is 3. The Kier molecular flexibility index (Phi) is 6.14. The van der Waals surface area contributed by atoms with Crippen LogP contribution in [0.2, 0.25) is 0 Å². The van der Waals surface area contributed by atoms with Crippen LogP contribution >= 0.6 is 11.8 Å². The van der Waals surface area contributed by atoms with Gasteiger partial charge in [0.15, 0.2) is 11.0 Å². The molecule has 0 aliphatic rings. The Hall–Kier alpha value is -2.61. The second-order valence-electron chi connectivity index (χ2n) is 5.06. The predicted octanol–water partition coefficient (Wildman–Crippen LogP) is 1.53. The Morgan fingerprint density at radius 1 is 1.38 bits per heavy atom. The second-order valence-corrected chi connectivity index (χ2v) is 6.00. The molecule has 0 saturated heterocycles. The van der Waals surface area contributed by atoms with Crippen molar-refractivity contribution in [2.75, 3.05) is 5.75 Å². The number of rotatable bonds is 8. The lowest BCUT2D eigenvalue weighted by Gasteiger charge is -2.15. The van der Waals surface area contributed by atoms with Crippen molar-refractivity contribution in [1.29, 1.82) is 0 Å². The monoisotopic (exact) mass is 345 g/mol. The third-order valence-electron chi connectivity index (χ3n) is 3.17. The highest BCUT2D eigenvalue weighted by atomic mass is 32.2. The second kappa shape index (κ2) is 8.30. The molecule has 2 rings (SSSR count). The SMILES string of the molecule is C=CCn1c(SCC(N)=O)nnc1[C@H](C)NC(=O)c1ccccc1. The molecule has 0 bridgehead atoms. The number of hydrogen-bond acceptors (Lipinski definition) is 5. The summed E-state index contributed by atoms with van der Waals surface area (Å²) in [7, 11) is 0. The van der Waals surface area contributed by atoms with Crippen LogP contribution in [-0.2, 0) is 11.3 Å². The quantitative estimate of drug-likeness (QED) is 0.558. The van der Waals surface area contributed by atoms with Gasteiger partial charge in [0, 0.05) is 12.1 Å². The number of thioether (sulfide) groups is 1. The van der Waals surface area contributed by atoms with E-state index in [1.165, 1.54) is 11.8 Å². The van der Waals surface area contributed by atoms with Crippen molar-refractivity contribution < 1.29 is 9.59 Å². The normalized spacial score (nSPS) is 11.7. The van der Waals surface area contributed by atoms with Crippen molar-refractivity contribution in [3.63, 3.8) is 0 Å². The molecule has 2 amide bonds. The summed E-state index contributed by atoms with van der Waals surface area (Å²) in [6, 6.07) is 8.59. The van der Waals surface area contributed by atoms with Gasteiger partial charge in [-0.25, -0.2) is 0 Å². The number of nitrogens with zero attached hydrogens (tertiary/aromatic N) is 3. The molecular formula is C16H19N5O2S. The van der Waals surface area contributed by atoms with Gasteiger partial charge in [0.2, 0.25) is 5.91 Å². The maximum Gasteiger partial charge on any atom is 0.251 e. The molecule has 0 aliphatic heterocycles. The van der Waals surface area contributed by atoms with Gasteiger partial charge in [-0.15, -0.1) is 16.8 Å². The van der Waals surface area contributed by atoms with Gasteiger partial charge in [0.1, 0.15) is 0 Å². The summed E-state index contributed by atoms with van der Waals surface area (Å²) in [6.45, 7) is 6.01. The third-order valence-corrected chi connectivity index (χ3v) is 4.16. The molecule has 8 heteroatoms. The highest BCUT2D eigenvalue weighted by Crippen LogP contribution is 2.20. The zero-order valence-electron chi connectivity index (χ0n) is 13.3. The summed E-state index contributed by atoms with van der Waals surface area (Å²) < 4.78 is 1.80. The van der Waals surface area contributed by atoms with E-state index in [1.807, 2.05) is 13.0 Å². The lowest BCUT2D eigenvalue weighted by Crippen LogP contribution is -2.28. The van der Waals surface area contributed by atoms with Crippen molar-refractivity contribution in [3.05, 3.63) is 54.4 Å². The maximum absolute atomic E-state index is 12.3. The first-order chi connectivity index (χ1) is 11.5. The number of allylic oxidation sites excluding steroid dienone is 1. The molecular weight excluding hydrogens is 326 g/mol. The molecule has 0 radical (unpaired) electrons. The highest BCUT2D eigenvalue weighted by molar-refractivity contribution is 7.99. The van der Waals surface area contributed by atoms with E-state index < -0.39 is 5.91 Å². The van der Waals surface area contributed by atoms with Crippen LogP contribution in [-0.4, -0.2) is 32.3 Å². The fourth-order valence-electron chi connectivity index (χ4n) is 2.10. The van der Waals surface area contributed by atoms with Gasteiger partial charge in [0.05, 0.1) is 11.8 Å². The van der Waals surface area contributed by atoms with Crippen LogP contribution in [0.1, 0.15) is 29.1 Å². The molecule has 126 valence electrons. The number of carbonyl (C=O) groups is 2. The molecule has 24 heavy (non-hydrogen) atoms. The Morgan fingerprint density at radius 3 is 2.71 bits per heavy atom. The van der Waals surface area contributed by atoms with Crippen LogP contribution in [0.4, 0.5) is 0 Å². The molecule has 1 aromatic heterocycles. The molecule has 1 heterocycles.